The maximum Gasteiger partial charge on any atom is 0.263 e. The van der Waals surface area contributed by atoms with E-state index in [1.165, 1.54) is 4.57 Å². The molecule has 2 unspecified atom stereocenters. The predicted octanol–water partition coefficient (Wildman–Crippen LogP) is -7.45. The largest absolute Gasteiger partial charge is 0.398 e. The Labute approximate surface area is 162 Å². The van der Waals surface area contributed by atoms with E-state index in [9.17, 15) is 14.4 Å². The monoisotopic (exact) mass is 358 g/mol. The highest BCUT2D eigenvalue weighted by molar-refractivity contribution is 6.58. The first-order valence-corrected chi connectivity index (χ1v) is 9.00. The van der Waals surface area contributed by atoms with Gasteiger partial charge in [0.25, 0.3) is 5.56 Å². The summed E-state index contributed by atoms with van der Waals surface area (Å²) in [5.41, 5.74) is 7.26. The molecule has 1 aromatic carbocycles. The summed E-state index contributed by atoms with van der Waals surface area (Å²) in [6.45, 7) is 1.70. The maximum atomic E-state index is 13.5. The molecule has 1 aliphatic heterocycles. The molecule has 1 saturated heterocycles. The van der Waals surface area contributed by atoms with Crippen LogP contribution in [-0.4, -0.2) is 68.4 Å². The average Bonchev–Trinajstić information content (AvgIpc) is 2.56. The molecule has 1 aliphatic rings. The molecule has 3 N–H and O–H groups in total. The van der Waals surface area contributed by atoms with Gasteiger partial charge in [0.1, 0.15) is 52.9 Å². The molecule has 2 atom stereocenters. The van der Waals surface area contributed by atoms with Crippen LogP contribution in [0.2, 0.25) is 11.0 Å². The number of nitrogen functional groups attached to an aromatic ring is 1. The lowest BCUT2D eigenvalue weighted by Crippen LogP contribution is -2.66. The highest BCUT2D eigenvalue weighted by Crippen LogP contribution is 2.45. The van der Waals surface area contributed by atoms with Gasteiger partial charge in [-0.25, -0.2) is 4.98 Å². The van der Waals surface area contributed by atoms with Gasteiger partial charge in [-0.1, -0.05) is 10.9 Å². The summed E-state index contributed by atoms with van der Waals surface area (Å²) in [5, 5.41) is 1.90. The molecule has 13 heteroatoms. The molecular weight excluding hydrogens is 337 g/mol. The Bertz CT molecular complexity index is 1080. The van der Waals surface area contributed by atoms with E-state index in [4.69, 9.17) is 5.73 Å². The highest BCUT2D eigenvalue weighted by Gasteiger charge is 2.55. The molecule has 2 aromatic rings. The predicted molar refractivity (Wildman–Crippen MR) is 123 cm³/mol. The number of hydrogen-bond donors (Lipinski definition) is 2. The third kappa shape index (κ3) is 2.43. The standard InChI is InChI=1S/C14H20B6N4O3/c1-3-22-5-2-4(15)7(16)8(21)6(5)9(25)24(3)14(20)10(17)13(18,19)11(26)23-12(14)27/h2,10H,15-21H2,1H3,(H,23,26,27). The number of nitrogens with one attached hydrogen (secondary N) is 1. The quantitative estimate of drug-likeness (QED) is 0.300. The Morgan fingerprint density at radius 2 is 1.78 bits per heavy atom. The van der Waals surface area contributed by atoms with Crippen LogP contribution in [0.4, 0.5) is 5.69 Å². The van der Waals surface area contributed by atoms with Crippen LogP contribution >= 0.6 is 0 Å². The average molecular weight is 357 g/mol. The van der Waals surface area contributed by atoms with Gasteiger partial charge in [0, 0.05) is 5.69 Å². The highest BCUT2D eigenvalue weighted by atomic mass is 16.2. The van der Waals surface area contributed by atoms with Crippen molar-refractivity contribution in [1.82, 2.24) is 14.9 Å². The maximum absolute atomic E-state index is 13.5. The lowest BCUT2D eigenvalue weighted by atomic mass is 9.35. The van der Waals surface area contributed by atoms with Crippen molar-refractivity contribution in [3.8, 4) is 0 Å². The van der Waals surface area contributed by atoms with E-state index >= 15 is 0 Å². The van der Waals surface area contributed by atoms with Gasteiger partial charge >= 0.3 is 0 Å². The second-order valence-corrected chi connectivity index (χ2v) is 8.30. The summed E-state index contributed by atoms with van der Waals surface area (Å²) < 4.78 is 1.40. The van der Waals surface area contributed by atoms with Crippen molar-refractivity contribution >= 4 is 86.4 Å². The zero-order chi connectivity index (χ0) is 20.5. The number of fused-ring (bicyclic) bond motifs is 1. The van der Waals surface area contributed by atoms with E-state index in [1.54, 1.807) is 30.5 Å². The molecule has 0 bridgehead atoms. The van der Waals surface area contributed by atoms with E-state index < -0.39 is 22.4 Å². The minimum absolute atomic E-state index is 0.305. The first-order chi connectivity index (χ1) is 12.3. The van der Waals surface area contributed by atoms with Crippen molar-refractivity contribution in [2.75, 3.05) is 5.73 Å². The van der Waals surface area contributed by atoms with Crippen LogP contribution < -0.4 is 27.5 Å². The normalized spacial score (nSPS) is 24.7. The summed E-state index contributed by atoms with van der Waals surface area (Å²) in [6, 6.07) is 1.83. The Hall–Kier alpha value is -2.31. The molecule has 0 aliphatic carbocycles. The molecule has 0 saturated carbocycles. The fourth-order valence-corrected chi connectivity index (χ4v) is 4.05. The van der Waals surface area contributed by atoms with Crippen LogP contribution in [0.3, 0.4) is 0 Å². The van der Waals surface area contributed by atoms with Crippen LogP contribution in [0.15, 0.2) is 10.9 Å². The minimum atomic E-state index is -1.27. The summed E-state index contributed by atoms with van der Waals surface area (Å²) in [5.74, 6) is -0.879. The first-order valence-electron chi connectivity index (χ1n) is 9.00. The Morgan fingerprint density at radius 3 is 2.37 bits per heavy atom. The molecular formula is C14H20B6N4O3. The Kier molecular flexibility index (Phi) is 4.21. The number of nitrogens with two attached hydrogens (primary N) is 1. The van der Waals surface area contributed by atoms with Gasteiger partial charge in [-0.3, -0.25) is 24.3 Å². The molecule has 132 valence electrons. The third-order valence-corrected chi connectivity index (χ3v) is 6.56. The summed E-state index contributed by atoms with van der Waals surface area (Å²) in [4.78, 5) is 43.3. The van der Waals surface area contributed by atoms with Crippen LogP contribution in [0.1, 0.15) is 5.82 Å². The molecule has 1 fully saturated rings. The number of aryl methyl sites for hydroxylation is 1. The lowest BCUT2D eigenvalue weighted by Gasteiger charge is -2.48. The van der Waals surface area contributed by atoms with Gasteiger partial charge in [0.2, 0.25) is 11.8 Å². The summed E-state index contributed by atoms with van der Waals surface area (Å²) >= 11 is 0. The third-order valence-electron chi connectivity index (χ3n) is 6.56. The van der Waals surface area contributed by atoms with Crippen LogP contribution in [0.5, 0.6) is 0 Å². The number of carbonyl (C=O) groups excluding carboxylic acids is 2. The Balaban J connectivity index is 2.42. The van der Waals surface area contributed by atoms with E-state index in [1.807, 2.05) is 29.6 Å². The zero-order valence-electron chi connectivity index (χ0n) is 16.9. The van der Waals surface area contributed by atoms with Gasteiger partial charge < -0.3 is 5.73 Å². The van der Waals surface area contributed by atoms with Crippen molar-refractivity contribution < 1.29 is 9.59 Å². The molecule has 3 rings (SSSR count). The fraction of sp³-hybridized carbons (Fsp3) is 0.286. The number of hydrogen-bond acceptors (Lipinski definition) is 5. The fourth-order valence-electron chi connectivity index (χ4n) is 4.05. The smallest absolute Gasteiger partial charge is 0.263 e. The molecule has 0 spiro atoms. The summed E-state index contributed by atoms with van der Waals surface area (Å²) in [7, 11) is 10.8. The van der Waals surface area contributed by atoms with Gasteiger partial charge in [-0.05, 0) is 24.0 Å². The minimum Gasteiger partial charge on any atom is -0.398 e. The number of benzene rings is 1. The molecule has 2 amide bonds. The number of piperidine rings is 1. The van der Waals surface area contributed by atoms with Gasteiger partial charge in [0.15, 0.2) is 0 Å². The number of aromatic nitrogens is 2. The van der Waals surface area contributed by atoms with Crippen molar-refractivity contribution in [3.05, 3.63) is 22.2 Å². The van der Waals surface area contributed by atoms with Gasteiger partial charge in [-0.15, -0.1) is 0 Å². The van der Waals surface area contributed by atoms with Crippen LogP contribution in [0.25, 0.3) is 10.9 Å². The summed E-state index contributed by atoms with van der Waals surface area (Å²) in [6.07, 6.45) is 0. The number of amides is 2. The van der Waals surface area contributed by atoms with Crippen LogP contribution in [-0.2, 0) is 15.0 Å². The van der Waals surface area contributed by atoms with Crippen molar-refractivity contribution in [1.29, 1.82) is 0 Å². The van der Waals surface area contributed by atoms with Crippen LogP contribution in [0, 0.1) is 6.92 Å². The molecule has 0 radical (unpaired) electrons. The topological polar surface area (TPSA) is 107 Å². The number of carbonyl (C=O) groups is 2. The number of nitrogens with zero attached hydrogens (tertiary/aromatic N) is 2. The second kappa shape index (κ2) is 5.84. The van der Waals surface area contributed by atoms with Crippen molar-refractivity contribution in [2.24, 2.45) is 0 Å². The first kappa shape index (κ1) is 19.5. The number of anilines is 1. The molecule has 2 heterocycles. The second-order valence-electron chi connectivity index (χ2n) is 8.30. The lowest BCUT2D eigenvalue weighted by molar-refractivity contribution is -0.138. The van der Waals surface area contributed by atoms with Crippen molar-refractivity contribution in [3.63, 3.8) is 0 Å². The Morgan fingerprint density at radius 1 is 1.19 bits per heavy atom. The van der Waals surface area contributed by atoms with E-state index in [0.717, 1.165) is 10.9 Å². The molecule has 1 aromatic heterocycles. The van der Waals surface area contributed by atoms with E-state index in [2.05, 4.69) is 10.3 Å². The van der Waals surface area contributed by atoms with Crippen molar-refractivity contribution in [2.45, 2.75) is 23.4 Å². The SMILES string of the molecule is Bc1cc2nc(C)n(C3(B)C(=O)NC(=O)C(B)(B)C3B)c(=O)c2c(N)c1B. The van der Waals surface area contributed by atoms with Gasteiger partial charge in [0.05, 0.1) is 16.3 Å². The zero-order valence-corrected chi connectivity index (χ0v) is 16.9. The number of rotatable bonds is 1. The van der Waals surface area contributed by atoms with E-state index in [0.29, 0.717) is 22.4 Å². The molecule has 7 nitrogen and oxygen atoms in total. The molecule has 27 heavy (non-hydrogen) atoms. The number of imide groups is 1. The van der Waals surface area contributed by atoms with Gasteiger partial charge in [-0.2, -0.15) is 0 Å². The van der Waals surface area contributed by atoms with E-state index in [-0.39, 0.29) is 11.5 Å².